The highest BCUT2D eigenvalue weighted by Crippen LogP contribution is 2.28. The maximum Gasteiger partial charge on any atom is 0.0624 e. The van der Waals surface area contributed by atoms with Crippen molar-refractivity contribution in [1.29, 1.82) is 0 Å². The third-order valence-corrected chi connectivity index (χ3v) is 2.56. The van der Waals surface area contributed by atoms with Crippen molar-refractivity contribution in [3.05, 3.63) is 28.3 Å². The van der Waals surface area contributed by atoms with E-state index in [1.807, 2.05) is 6.92 Å². The predicted molar refractivity (Wildman–Crippen MR) is 54.6 cm³/mol. The van der Waals surface area contributed by atoms with E-state index in [-0.39, 0.29) is 6.61 Å². The highest BCUT2D eigenvalue weighted by atomic mass is 35.5. The van der Waals surface area contributed by atoms with Crippen LogP contribution in [0.15, 0.2) is 12.1 Å². The minimum atomic E-state index is -0.438. The standard InChI is InChI=1S/C9H13ClN2O/c1-5-7(11)3-2-6(9(5)10)8(12)4-13/h2-3,8,13H,4,11-12H2,1H3/t8-/m0/s1. The van der Waals surface area contributed by atoms with Gasteiger partial charge in [0.2, 0.25) is 0 Å². The second-order valence-corrected chi connectivity index (χ2v) is 3.35. The van der Waals surface area contributed by atoms with Gasteiger partial charge in [0, 0.05) is 5.69 Å². The number of rotatable bonds is 2. The highest BCUT2D eigenvalue weighted by Gasteiger charge is 2.11. The van der Waals surface area contributed by atoms with Crippen LogP contribution in [0.4, 0.5) is 5.69 Å². The van der Waals surface area contributed by atoms with Crippen LogP contribution in [-0.4, -0.2) is 11.7 Å². The molecule has 0 saturated carbocycles. The molecule has 1 aromatic rings. The number of anilines is 1. The lowest BCUT2D eigenvalue weighted by Gasteiger charge is -2.13. The summed E-state index contributed by atoms with van der Waals surface area (Å²) >= 11 is 6.00. The number of aliphatic hydroxyl groups is 1. The van der Waals surface area contributed by atoms with Gasteiger partial charge in [-0.3, -0.25) is 0 Å². The lowest BCUT2D eigenvalue weighted by Crippen LogP contribution is -2.15. The SMILES string of the molecule is Cc1c(N)ccc([C@@H](N)CO)c1Cl. The number of halogens is 1. The zero-order chi connectivity index (χ0) is 10.0. The Kier molecular flexibility index (Phi) is 3.14. The van der Waals surface area contributed by atoms with Gasteiger partial charge in [-0.25, -0.2) is 0 Å². The summed E-state index contributed by atoms with van der Waals surface area (Å²) in [6.45, 7) is 1.70. The van der Waals surface area contributed by atoms with Gasteiger partial charge in [0.15, 0.2) is 0 Å². The molecule has 3 nitrogen and oxygen atoms in total. The minimum absolute atomic E-state index is 0.122. The van der Waals surface area contributed by atoms with Gasteiger partial charge in [-0.05, 0) is 24.1 Å². The van der Waals surface area contributed by atoms with Crippen LogP contribution < -0.4 is 11.5 Å². The molecule has 0 unspecified atom stereocenters. The molecule has 5 N–H and O–H groups in total. The van der Waals surface area contributed by atoms with Gasteiger partial charge >= 0.3 is 0 Å². The van der Waals surface area contributed by atoms with Crippen LogP contribution in [0.1, 0.15) is 17.2 Å². The van der Waals surface area contributed by atoms with Crippen LogP contribution in [0.2, 0.25) is 5.02 Å². The van der Waals surface area contributed by atoms with E-state index in [1.165, 1.54) is 0 Å². The van der Waals surface area contributed by atoms with Crippen molar-refractivity contribution in [1.82, 2.24) is 0 Å². The maximum absolute atomic E-state index is 8.86. The van der Waals surface area contributed by atoms with Crippen molar-refractivity contribution in [3.63, 3.8) is 0 Å². The molecule has 0 saturated heterocycles. The Bertz CT molecular complexity index is 315. The average molecular weight is 201 g/mol. The molecular formula is C9H13ClN2O. The summed E-state index contributed by atoms with van der Waals surface area (Å²) in [7, 11) is 0. The summed E-state index contributed by atoms with van der Waals surface area (Å²) in [5.74, 6) is 0. The second-order valence-electron chi connectivity index (χ2n) is 2.97. The fraction of sp³-hybridized carbons (Fsp3) is 0.333. The van der Waals surface area contributed by atoms with E-state index in [4.69, 9.17) is 28.2 Å². The number of aliphatic hydroxyl groups excluding tert-OH is 1. The number of benzene rings is 1. The first-order valence-corrected chi connectivity index (χ1v) is 4.36. The molecule has 0 amide bonds. The molecule has 0 fully saturated rings. The van der Waals surface area contributed by atoms with Crippen LogP contribution >= 0.6 is 11.6 Å². The molecule has 4 heteroatoms. The molecule has 0 spiro atoms. The molecule has 0 radical (unpaired) electrons. The van der Waals surface area contributed by atoms with Crippen molar-refractivity contribution in [2.45, 2.75) is 13.0 Å². The van der Waals surface area contributed by atoms with Crippen LogP contribution in [0.25, 0.3) is 0 Å². The van der Waals surface area contributed by atoms with E-state index < -0.39 is 6.04 Å². The van der Waals surface area contributed by atoms with Gasteiger partial charge < -0.3 is 16.6 Å². The zero-order valence-electron chi connectivity index (χ0n) is 7.42. The molecular weight excluding hydrogens is 188 g/mol. The average Bonchev–Trinajstić information content (AvgIpc) is 2.13. The molecule has 1 aromatic carbocycles. The Labute approximate surface area is 82.3 Å². The number of hydrogen-bond donors (Lipinski definition) is 3. The van der Waals surface area contributed by atoms with Crippen molar-refractivity contribution in [2.75, 3.05) is 12.3 Å². The first-order valence-electron chi connectivity index (χ1n) is 3.98. The van der Waals surface area contributed by atoms with E-state index in [0.717, 1.165) is 11.1 Å². The summed E-state index contributed by atoms with van der Waals surface area (Å²) in [5, 5.41) is 9.40. The normalized spacial score (nSPS) is 12.9. The molecule has 0 aliphatic carbocycles. The molecule has 0 aromatic heterocycles. The van der Waals surface area contributed by atoms with Gasteiger partial charge in [0.25, 0.3) is 0 Å². The van der Waals surface area contributed by atoms with E-state index in [2.05, 4.69) is 0 Å². The van der Waals surface area contributed by atoms with E-state index in [1.54, 1.807) is 12.1 Å². The first kappa shape index (κ1) is 10.3. The monoisotopic (exact) mass is 200 g/mol. The lowest BCUT2D eigenvalue weighted by atomic mass is 10.0. The summed E-state index contributed by atoms with van der Waals surface area (Å²) in [6, 6.07) is 3.05. The number of nitrogen functional groups attached to an aromatic ring is 1. The van der Waals surface area contributed by atoms with E-state index in [9.17, 15) is 0 Å². The third-order valence-electron chi connectivity index (χ3n) is 2.05. The van der Waals surface area contributed by atoms with Crippen molar-refractivity contribution in [2.24, 2.45) is 5.73 Å². The molecule has 0 aliphatic heterocycles. The predicted octanol–water partition coefficient (Wildman–Crippen LogP) is 1.22. The van der Waals surface area contributed by atoms with Crippen LogP contribution in [0.5, 0.6) is 0 Å². The smallest absolute Gasteiger partial charge is 0.0624 e. The molecule has 1 rings (SSSR count). The lowest BCUT2D eigenvalue weighted by molar-refractivity contribution is 0.268. The Morgan fingerprint density at radius 2 is 2.15 bits per heavy atom. The largest absolute Gasteiger partial charge is 0.398 e. The van der Waals surface area contributed by atoms with E-state index >= 15 is 0 Å². The Balaban J connectivity index is 3.18. The molecule has 72 valence electrons. The fourth-order valence-electron chi connectivity index (χ4n) is 1.11. The highest BCUT2D eigenvalue weighted by molar-refractivity contribution is 6.32. The molecule has 0 aliphatic rings. The number of hydrogen-bond acceptors (Lipinski definition) is 3. The molecule has 1 atom stereocenters. The summed E-state index contributed by atoms with van der Waals surface area (Å²) < 4.78 is 0. The quantitative estimate of drug-likeness (QED) is 0.629. The van der Waals surface area contributed by atoms with E-state index in [0.29, 0.717) is 10.7 Å². The van der Waals surface area contributed by atoms with Gasteiger partial charge in [0.05, 0.1) is 17.7 Å². The van der Waals surface area contributed by atoms with Crippen molar-refractivity contribution in [3.8, 4) is 0 Å². The second kappa shape index (κ2) is 3.96. The molecule has 13 heavy (non-hydrogen) atoms. The maximum atomic E-state index is 8.86. The van der Waals surface area contributed by atoms with Gasteiger partial charge in [-0.1, -0.05) is 17.7 Å². The van der Waals surface area contributed by atoms with Crippen LogP contribution in [0, 0.1) is 6.92 Å². The topological polar surface area (TPSA) is 72.3 Å². The van der Waals surface area contributed by atoms with Gasteiger partial charge in [-0.2, -0.15) is 0 Å². The van der Waals surface area contributed by atoms with Crippen molar-refractivity contribution < 1.29 is 5.11 Å². The minimum Gasteiger partial charge on any atom is -0.398 e. The first-order chi connectivity index (χ1) is 6.07. The van der Waals surface area contributed by atoms with Gasteiger partial charge in [0.1, 0.15) is 0 Å². The van der Waals surface area contributed by atoms with Crippen LogP contribution in [0.3, 0.4) is 0 Å². The van der Waals surface area contributed by atoms with Crippen molar-refractivity contribution >= 4 is 17.3 Å². The summed E-state index contributed by atoms with van der Waals surface area (Å²) in [5.41, 5.74) is 13.5. The molecule has 0 bridgehead atoms. The number of nitrogens with two attached hydrogens (primary N) is 2. The third kappa shape index (κ3) is 1.94. The summed E-state index contributed by atoms with van der Waals surface area (Å²) in [6.07, 6.45) is 0. The zero-order valence-corrected chi connectivity index (χ0v) is 8.17. The Morgan fingerprint density at radius 1 is 1.54 bits per heavy atom. The Hall–Kier alpha value is -0.770. The fourth-order valence-corrected chi connectivity index (χ4v) is 1.42. The molecule has 0 heterocycles. The summed E-state index contributed by atoms with van der Waals surface area (Å²) in [4.78, 5) is 0. The Morgan fingerprint density at radius 3 is 2.69 bits per heavy atom. The van der Waals surface area contributed by atoms with Gasteiger partial charge in [-0.15, -0.1) is 0 Å². The van der Waals surface area contributed by atoms with Crippen LogP contribution in [-0.2, 0) is 0 Å².